The quantitative estimate of drug-likeness (QED) is 0.849. The van der Waals surface area contributed by atoms with Crippen molar-refractivity contribution in [1.29, 1.82) is 0 Å². The number of nitrogens with one attached hydrogen (secondary N) is 1. The fourth-order valence-electron chi connectivity index (χ4n) is 1.99. The van der Waals surface area contributed by atoms with E-state index in [1.807, 2.05) is 6.92 Å². The van der Waals surface area contributed by atoms with Crippen molar-refractivity contribution < 1.29 is 13.2 Å². The lowest BCUT2D eigenvalue weighted by atomic mass is 10.1. The van der Waals surface area contributed by atoms with Gasteiger partial charge in [-0.25, -0.2) is 13.1 Å². The number of sulfonamides is 1. The van der Waals surface area contributed by atoms with Crippen molar-refractivity contribution in [3.63, 3.8) is 0 Å². The van der Waals surface area contributed by atoms with E-state index < -0.39 is 10.0 Å². The molecule has 1 fully saturated rings. The highest BCUT2D eigenvalue weighted by molar-refractivity contribution is 7.89. The number of thiophene rings is 1. The summed E-state index contributed by atoms with van der Waals surface area (Å²) >= 11 is 1.36. The second-order valence-corrected chi connectivity index (χ2v) is 7.12. The van der Waals surface area contributed by atoms with Crippen molar-refractivity contribution >= 4 is 21.4 Å². The Labute approximate surface area is 111 Å². The number of nitrogens with two attached hydrogens (primary N) is 1. The maximum Gasteiger partial charge on any atom is 0.241 e. The summed E-state index contributed by atoms with van der Waals surface area (Å²) in [6.07, 6.45) is 1.88. The summed E-state index contributed by atoms with van der Waals surface area (Å²) in [6, 6.07) is 1.41. The molecular formula is C11H18N2O3S2. The highest BCUT2D eigenvalue weighted by Crippen LogP contribution is 2.21. The molecule has 5 nitrogen and oxygen atoms in total. The van der Waals surface area contributed by atoms with Crippen LogP contribution < -0.4 is 10.5 Å². The molecule has 2 heterocycles. The molecule has 1 aliphatic rings. The Morgan fingerprint density at radius 2 is 2.44 bits per heavy atom. The van der Waals surface area contributed by atoms with Gasteiger partial charge in [0.15, 0.2) is 0 Å². The van der Waals surface area contributed by atoms with Crippen LogP contribution in [-0.2, 0) is 21.3 Å². The minimum atomic E-state index is -3.46. The lowest BCUT2D eigenvalue weighted by Crippen LogP contribution is -2.40. The average Bonchev–Trinajstić information content (AvgIpc) is 3.00. The molecule has 2 atom stereocenters. The van der Waals surface area contributed by atoms with Crippen molar-refractivity contribution in [2.75, 3.05) is 6.61 Å². The van der Waals surface area contributed by atoms with Crippen molar-refractivity contribution in [2.24, 2.45) is 5.73 Å². The van der Waals surface area contributed by atoms with Crippen molar-refractivity contribution in [1.82, 2.24) is 4.72 Å². The van der Waals surface area contributed by atoms with Crippen molar-refractivity contribution in [3.8, 4) is 0 Å². The fraction of sp³-hybridized carbons (Fsp3) is 0.636. The van der Waals surface area contributed by atoms with Gasteiger partial charge in [-0.2, -0.15) is 0 Å². The Kier molecular flexibility index (Phi) is 4.39. The first-order valence-electron chi connectivity index (χ1n) is 5.94. The van der Waals surface area contributed by atoms with E-state index in [9.17, 15) is 8.42 Å². The van der Waals surface area contributed by atoms with Crippen LogP contribution in [0.1, 0.15) is 24.6 Å². The van der Waals surface area contributed by atoms with Crippen molar-refractivity contribution in [3.05, 3.63) is 16.3 Å². The Hall–Kier alpha value is -0.470. The average molecular weight is 290 g/mol. The summed E-state index contributed by atoms with van der Waals surface area (Å²) in [5.74, 6) is 0. The molecule has 0 radical (unpaired) electrons. The SMILES string of the molecule is CC(NS(=O)(=O)c1csc(CN)c1)C1CCCO1. The van der Waals surface area contributed by atoms with Gasteiger partial charge in [0.2, 0.25) is 10.0 Å². The van der Waals surface area contributed by atoms with E-state index in [0.717, 1.165) is 17.7 Å². The lowest BCUT2D eigenvalue weighted by Gasteiger charge is -2.19. The minimum Gasteiger partial charge on any atom is -0.377 e. The Balaban J connectivity index is 2.06. The van der Waals surface area contributed by atoms with E-state index >= 15 is 0 Å². The van der Waals surface area contributed by atoms with Crippen LogP contribution in [0.5, 0.6) is 0 Å². The Bertz CT molecular complexity index is 492. The second kappa shape index (κ2) is 5.66. The number of ether oxygens (including phenoxy) is 1. The molecule has 1 aromatic heterocycles. The smallest absolute Gasteiger partial charge is 0.241 e. The molecule has 0 aliphatic carbocycles. The third kappa shape index (κ3) is 3.10. The summed E-state index contributed by atoms with van der Waals surface area (Å²) in [4.78, 5) is 1.15. The first-order valence-corrected chi connectivity index (χ1v) is 8.30. The molecule has 1 aromatic rings. The maximum absolute atomic E-state index is 12.1. The molecule has 102 valence electrons. The lowest BCUT2D eigenvalue weighted by molar-refractivity contribution is 0.0902. The summed E-state index contributed by atoms with van der Waals surface area (Å²) in [6.45, 7) is 2.91. The largest absolute Gasteiger partial charge is 0.377 e. The van der Waals surface area contributed by atoms with Crippen LogP contribution in [0.25, 0.3) is 0 Å². The molecule has 0 saturated carbocycles. The van der Waals surface area contributed by atoms with Crippen LogP contribution in [0.15, 0.2) is 16.3 Å². The summed E-state index contributed by atoms with van der Waals surface area (Å²) in [5.41, 5.74) is 5.48. The predicted molar refractivity (Wildman–Crippen MR) is 71.0 cm³/mol. The zero-order valence-corrected chi connectivity index (χ0v) is 11.9. The van der Waals surface area contributed by atoms with E-state index in [4.69, 9.17) is 10.5 Å². The van der Waals surface area contributed by atoms with E-state index in [0.29, 0.717) is 13.2 Å². The van der Waals surface area contributed by atoms with Gasteiger partial charge >= 0.3 is 0 Å². The van der Waals surface area contributed by atoms with Gasteiger partial charge in [-0.05, 0) is 25.8 Å². The molecule has 2 unspecified atom stereocenters. The molecule has 3 N–H and O–H groups in total. The third-order valence-electron chi connectivity index (χ3n) is 3.00. The first kappa shape index (κ1) is 14.0. The van der Waals surface area contributed by atoms with Gasteiger partial charge in [0.25, 0.3) is 0 Å². The Morgan fingerprint density at radius 3 is 3.00 bits per heavy atom. The van der Waals surface area contributed by atoms with Crippen LogP contribution in [-0.4, -0.2) is 27.2 Å². The molecule has 0 aromatic carbocycles. The molecule has 7 heteroatoms. The molecule has 2 rings (SSSR count). The van der Waals surface area contributed by atoms with E-state index in [-0.39, 0.29) is 17.0 Å². The molecule has 18 heavy (non-hydrogen) atoms. The number of hydrogen-bond donors (Lipinski definition) is 2. The van der Waals surface area contributed by atoms with Gasteiger partial charge in [-0.3, -0.25) is 0 Å². The molecule has 0 spiro atoms. The second-order valence-electron chi connectivity index (χ2n) is 4.41. The zero-order chi connectivity index (χ0) is 13.2. The van der Waals surface area contributed by atoms with Crippen LogP contribution in [0.3, 0.4) is 0 Å². The summed E-state index contributed by atoms with van der Waals surface area (Å²) < 4.78 is 32.4. The van der Waals surface area contributed by atoms with Gasteiger partial charge in [0, 0.05) is 29.5 Å². The number of rotatable bonds is 5. The van der Waals surface area contributed by atoms with E-state index in [1.165, 1.54) is 11.3 Å². The van der Waals surface area contributed by atoms with E-state index in [1.54, 1.807) is 11.4 Å². The van der Waals surface area contributed by atoms with Gasteiger partial charge in [-0.15, -0.1) is 11.3 Å². The normalized spacial score (nSPS) is 22.2. The monoisotopic (exact) mass is 290 g/mol. The van der Waals surface area contributed by atoms with Crippen LogP contribution in [0.2, 0.25) is 0 Å². The fourth-order valence-corrected chi connectivity index (χ4v) is 4.42. The third-order valence-corrected chi connectivity index (χ3v) is 5.65. The van der Waals surface area contributed by atoms with Gasteiger partial charge < -0.3 is 10.5 Å². The zero-order valence-electron chi connectivity index (χ0n) is 10.3. The summed E-state index contributed by atoms with van der Waals surface area (Å²) in [5, 5.41) is 1.62. The topological polar surface area (TPSA) is 81.4 Å². The minimum absolute atomic E-state index is 0.0209. The van der Waals surface area contributed by atoms with Crippen LogP contribution in [0.4, 0.5) is 0 Å². The van der Waals surface area contributed by atoms with Crippen LogP contribution >= 0.6 is 11.3 Å². The van der Waals surface area contributed by atoms with Gasteiger partial charge in [0.05, 0.1) is 11.0 Å². The first-order chi connectivity index (χ1) is 8.53. The standard InChI is InChI=1S/C11H18N2O3S2/c1-8(11-3-2-4-16-11)13-18(14,15)10-5-9(6-12)17-7-10/h5,7-8,11,13H,2-4,6,12H2,1H3. The molecule has 0 amide bonds. The highest BCUT2D eigenvalue weighted by Gasteiger charge is 2.27. The van der Waals surface area contributed by atoms with Gasteiger partial charge in [0.1, 0.15) is 0 Å². The molecule has 0 bridgehead atoms. The molecule has 1 saturated heterocycles. The molecule has 1 aliphatic heterocycles. The summed E-state index contributed by atoms with van der Waals surface area (Å²) in [7, 11) is -3.46. The maximum atomic E-state index is 12.1. The molecular weight excluding hydrogens is 272 g/mol. The predicted octanol–water partition coefficient (Wildman–Crippen LogP) is 1.05. The van der Waals surface area contributed by atoms with Gasteiger partial charge in [-0.1, -0.05) is 0 Å². The highest BCUT2D eigenvalue weighted by atomic mass is 32.2. The van der Waals surface area contributed by atoms with Crippen molar-refractivity contribution in [2.45, 2.75) is 43.4 Å². The number of hydrogen-bond acceptors (Lipinski definition) is 5. The van der Waals surface area contributed by atoms with E-state index in [2.05, 4.69) is 4.72 Å². The van der Waals surface area contributed by atoms with Crippen LogP contribution in [0, 0.1) is 0 Å². The Morgan fingerprint density at radius 1 is 1.67 bits per heavy atom.